The Hall–Kier alpha value is -0.480. The fraction of sp³-hybridized carbons (Fsp3) is 0.625. The molecule has 2 aliphatic heterocycles. The van der Waals surface area contributed by atoms with Gasteiger partial charge in [-0.2, -0.15) is 16.9 Å². The van der Waals surface area contributed by atoms with Crippen LogP contribution in [0.5, 0.6) is 0 Å². The summed E-state index contributed by atoms with van der Waals surface area (Å²) in [6.07, 6.45) is 2.21. The third-order valence-corrected chi connectivity index (χ3v) is 3.74. The molecule has 0 bridgehead atoms. The van der Waals surface area contributed by atoms with Gasteiger partial charge in [-0.25, -0.2) is 0 Å². The van der Waals surface area contributed by atoms with Crippen molar-refractivity contribution in [2.24, 2.45) is 0 Å². The Bertz CT molecular complexity index is 282. The van der Waals surface area contributed by atoms with Gasteiger partial charge in [0.15, 0.2) is 0 Å². The minimum atomic E-state index is 0.681. The maximum Gasteiger partial charge on any atom is 0.0807 e. The molecule has 12 heavy (non-hydrogen) atoms. The molecular weight excluding hydrogens is 170 g/mol. The van der Waals surface area contributed by atoms with Crippen LogP contribution in [0.3, 0.4) is 0 Å². The molecule has 0 aliphatic carbocycles. The van der Waals surface area contributed by atoms with E-state index in [1.807, 2.05) is 11.8 Å². The lowest BCUT2D eigenvalue weighted by molar-refractivity contribution is 0.515. The SMILES string of the molecule is c1c2c(nn1C1CSC1)CNC2. The number of hydrogen-bond donors (Lipinski definition) is 1. The third kappa shape index (κ3) is 0.912. The molecule has 0 spiro atoms. The van der Waals surface area contributed by atoms with Gasteiger partial charge in [0.25, 0.3) is 0 Å². The lowest BCUT2D eigenvalue weighted by atomic mass is 10.3. The van der Waals surface area contributed by atoms with Gasteiger partial charge in [0.05, 0.1) is 11.7 Å². The summed E-state index contributed by atoms with van der Waals surface area (Å²) in [6.45, 7) is 1.97. The van der Waals surface area contributed by atoms with Gasteiger partial charge in [-0.15, -0.1) is 0 Å². The number of fused-ring (bicyclic) bond motifs is 1. The number of rotatable bonds is 1. The molecule has 3 nitrogen and oxygen atoms in total. The summed E-state index contributed by atoms with van der Waals surface area (Å²) in [7, 11) is 0. The van der Waals surface area contributed by atoms with Gasteiger partial charge >= 0.3 is 0 Å². The van der Waals surface area contributed by atoms with E-state index in [9.17, 15) is 0 Å². The van der Waals surface area contributed by atoms with Crippen LogP contribution in [-0.4, -0.2) is 21.3 Å². The van der Waals surface area contributed by atoms with E-state index < -0.39 is 0 Å². The third-order valence-electron chi connectivity index (χ3n) is 2.50. The average molecular weight is 181 g/mol. The van der Waals surface area contributed by atoms with Gasteiger partial charge in [-0.3, -0.25) is 4.68 Å². The minimum absolute atomic E-state index is 0.681. The summed E-state index contributed by atoms with van der Waals surface area (Å²) >= 11 is 2.00. The lowest BCUT2D eigenvalue weighted by Gasteiger charge is -2.25. The van der Waals surface area contributed by atoms with Gasteiger partial charge in [0.2, 0.25) is 0 Å². The second kappa shape index (κ2) is 2.50. The monoisotopic (exact) mass is 181 g/mol. The Morgan fingerprint density at radius 1 is 1.50 bits per heavy atom. The first-order valence-corrected chi connectivity index (χ1v) is 5.44. The van der Waals surface area contributed by atoms with E-state index in [2.05, 4.69) is 21.3 Å². The van der Waals surface area contributed by atoms with Crippen LogP contribution in [0.1, 0.15) is 17.3 Å². The molecule has 0 unspecified atom stereocenters. The largest absolute Gasteiger partial charge is 0.307 e. The van der Waals surface area contributed by atoms with E-state index in [0.717, 1.165) is 13.1 Å². The number of nitrogens with zero attached hydrogens (tertiary/aromatic N) is 2. The van der Waals surface area contributed by atoms with E-state index >= 15 is 0 Å². The van der Waals surface area contributed by atoms with Gasteiger partial charge < -0.3 is 5.32 Å². The fourth-order valence-electron chi connectivity index (χ4n) is 1.64. The Labute approximate surface area is 75.5 Å². The molecule has 1 aromatic rings. The molecule has 1 saturated heterocycles. The van der Waals surface area contributed by atoms with E-state index in [-0.39, 0.29) is 0 Å². The molecular formula is C8H11N3S. The predicted molar refractivity (Wildman–Crippen MR) is 49.1 cm³/mol. The molecule has 0 saturated carbocycles. The zero-order valence-corrected chi connectivity index (χ0v) is 7.60. The van der Waals surface area contributed by atoms with Crippen LogP contribution in [0.2, 0.25) is 0 Å². The Kier molecular flexibility index (Phi) is 1.45. The fourth-order valence-corrected chi connectivity index (χ4v) is 2.39. The van der Waals surface area contributed by atoms with Crippen LogP contribution in [0, 0.1) is 0 Å². The molecule has 0 atom stereocenters. The Morgan fingerprint density at radius 3 is 3.08 bits per heavy atom. The van der Waals surface area contributed by atoms with Crippen LogP contribution in [0.4, 0.5) is 0 Å². The first kappa shape index (κ1) is 6.97. The van der Waals surface area contributed by atoms with Crippen LogP contribution < -0.4 is 5.32 Å². The molecule has 2 aliphatic rings. The van der Waals surface area contributed by atoms with Crippen molar-refractivity contribution in [2.45, 2.75) is 19.1 Å². The standard InChI is InChI=1S/C8H11N3S/c1-6-3-11(7-4-12-5-7)10-8(6)2-9-1/h3,7,9H,1-2,4-5H2. The molecule has 3 heterocycles. The van der Waals surface area contributed by atoms with Crippen molar-refractivity contribution in [1.29, 1.82) is 0 Å². The van der Waals surface area contributed by atoms with E-state index in [4.69, 9.17) is 0 Å². The van der Waals surface area contributed by atoms with Gasteiger partial charge in [0, 0.05) is 36.4 Å². The minimum Gasteiger partial charge on any atom is -0.307 e. The molecule has 1 fully saturated rings. The molecule has 3 rings (SSSR count). The van der Waals surface area contributed by atoms with E-state index in [1.165, 1.54) is 22.8 Å². The predicted octanol–water partition coefficient (Wildman–Crippen LogP) is 0.774. The zero-order valence-electron chi connectivity index (χ0n) is 6.79. The maximum atomic E-state index is 4.55. The van der Waals surface area contributed by atoms with Crippen molar-refractivity contribution in [2.75, 3.05) is 11.5 Å². The molecule has 1 aromatic heterocycles. The van der Waals surface area contributed by atoms with Crippen molar-refractivity contribution >= 4 is 11.8 Å². The maximum absolute atomic E-state index is 4.55. The number of nitrogens with one attached hydrogen (secondary N) is 1. The first-order valence-electron chi connectivity index (χ1n) is 4.29. The number of aromatic nitrogens is 2. The molecule has 1 N–H and O–H groups in total. The topological polar surface area (TPSA) is 29.9 Å². The summed E-state index contributed by atoms with van der Waals surface area (Å²) in [4.78, 5) is 0. The second-order valence-electron chi connectivity index (χ2n) is 3.38. The highest BCUT2D eigenvalue weighted by molar-refractivity contribution is 8.00. The summed E-state index contributed by atoms with van der Waals surface area (Å²) in [5.74, 6) is 2.49. The van der Waals surface area contributed by atoms with Crippen molar-refractivity contribution < 1.29 is 0 Å². The molecule has 0 radical (unpaired) electrons. The van der Waals surface area contributed by atoms with Crippen LogP contribution in [0.25, 0.3) is 0 Å². The summed E-state index contributed by atoms with van der Waals surface area (Å²) in [5.41, 5.74) is 2.65. The van der Waals surface area contributed by atoms with Crippen molar-refractivity contribution in [3.8, 4) is 0 Å². The Balaban J connectivity index is 1.92. The molecule has 0 amide bonds. The average Bonchev–Trinajstić information content (AvgIpc) is 2.40. The highest BCUT2D eigenvalue weighted by Gasteiger charge is 2.23. The van der Waals surface area contributed by atoms with Gasteiger partial charge in [-0.1, -0.05) is 0 Å². The van der Waals surface area contributed by atoms with Crippen LogP contribution in [-0.2, 0) is 13.1 Å². The molecule has 0 aromatic carbocycles. The zero-order chi connectivity index (χ0) is 7.97. The van der Waals surface area contributed by atoms with Crippen LogP contribution >= 0.6 is 11.8 Å². The van der Waals surface area contributed by atoms with E-state index in [0.29, 0.717) is 6.04 Å². The highest BCUT2D eigenvalue weighted by atomic mass is 32.2. The summed E-state index contributed by atoms with van der Waals surface area (Å²) in [6, 6.07) is 0.681. The summed E-state index contributed by atoms with van der Waals surface area (Å²) < 4.78 is 2.15. The Morgan fingerprint density at radius 2 is 2.42 bits per heavy atom. The van der Waals surface area contributed by atoms with Crippen molar-refractivity contribution in [3.63, 3.8) is 0 Å². The quantitative estimate of drug-likeness (QED) is 0.694. The second-order valence-corrected chi connectivity index (χ2v) is 4.45. The van der Waals surface area contributed by atoms with Crippen molar-refractivity contribution in [3.05, 3.63) is 17.5 Å². The van der Waals surface area contributed by atoms with Gasteiger partial charge in [-0.05, 0) is 0 Å². The van der Waals surface area contributed by atoms with Crippen molar-refractivity contribution in [1.82, 2.24) is 15.1 Å². The van der Waals surface area contributed by atoms with E-state index in [1.54, 1.807) is 0 Å². The molecule has 4 heteroatoms. The molecule has 64 valence electrons. The normalized spacial score (nSPS) is 22.3. The van der Waals surface area contributed by atoms with Gasteiger partial charge in [0.1, 0.15) is 0 Å². The highest BCUT2D eigenvalue weighted by Crippen LogP contribution is 2.29. The number of hydrogen-bond acceptors (Lipinski definition) is 3. The first-order chi connectivity index (χ1) is 5.93. The summed E-state index contributed by atoms with van der Waals surface area (Å²) in [5, 5.41) is 7.84. The number of thioether (sulfide) groups is 1. The lowest BCUT2D eigenvalue weighted by Crippen LogP contribution is -2.23. The van der Waals surface area contributed by atoms with Crippen LogP contribution in [0.15, 0.2) is 6.20 Å². The smallest absolute Gasteiger partial charge is 0.0807 e.